The number of thiazole rings is 1. The Morgan fingerprint density at radius 3 is 2.51 bits per heavy atom. The third kappa shape index (κ3) is 8.42. The van der Waals surface area contributed by atoms with Crippen LogP contribution in [0.15, 0.2) is 35.7 Å². The predicted molar refractivity (Wildman–Crippen MR) is 203 cm³/mol. The van der Waals surface area contributed by atoms with Gasteiger partial charge in [0.05, 0.1) is 21.6 Å². The molecule has 17 heteroatoms. The van der Waals surface area contributed by atoms with E-state index in [2.05, 4.69) is 25.3 Å². The zero-order chi connectivity index (χ0) is 39.3. The number of hydrogen-bond donors (Lipinski definition) is 3. The van der Waals surface area contributed by atoms with Crippen LogP contribution < -0.4 is 15.4 Å². The lowest BCUT2D eigenvalue weighted by molar-refractivity contribution is -0.142. The Balaban J connectivity index is 1.18. The van der Waals surface area contributed by atoms with Gasteiger partial charge in [0, 0.05) is 42.8 Å². The van der Waals surface area contributed by atoms with Crippen molar-refractivity contribution in [2.45, 2.75) is 108 Å². The van der Waals surface area contributed by atoms with Crippen molar-refractivity contribution in [2.24, 2.45) is 17.8 Å². The number of amides is 5. The van der Waals surface area contributed by atoms with E-state index in [1.165, 1.54) is 16.2 Å². The second-order valence-electron chi connectivity index (χ2n) is 16.4. The van der Waals surface area contributed by atoms with Crippen molar-refractivity contribution in [1.29, 1.82) is 0 Å². The molecule has 7 rings (SSSR count). The molecule has 296 valence electrons. The van der Waals surface area contributed by atoms with E-state index < -0.39 is 74.1 Å². The summed E-state index contributed by atoms with van der Waals surface area (Å²) in [6, 6.07) is 3.08. The molecule has 6 atom stereocenters. The molecule has 0 bridgehead atoms. The molecule has 0 spiro atoms. The van der Waals surface area contributed by atoms with Crippen LogP contribution in [0.3, 0.4) is 0 Å². The molecule has 0 radical (unpaired) electrons. The lowest BCUT2D eigenvalue weighted by Gasteiger charge is -2.33. The number of carbonyl (C=O) groups excluding carboxylic acids is 5. The van der Waals surface area contributed by atoms with E-state index in [0.29, 0.717) is 43.5 Å². The number of carbonyl (C=O) groups is 5. The molecule has 3 N–H and O–H groups in total. The number of rotatable bonds is 6. The first kappa shape index (κ1) is 38.9. The minimum Gasteiger partial charge on any atom is -0.444 e. The van der Waals surface area contributed by atoms with Gasteiger partial charge in [-0.2, -0.15) is 0 Å². The van der Waals surface area contributed by atoms with Crippen LogP contribution in [0.2, 0.25) is 0 Å². The third-order valence-corrected chi connectivity index (χ3v) is 13.6. The van der Waals surface area contributed by atoms with E-state index in [9.17, 15) is 32.4 Å². The summed E-state index contributed by atoms with van der Waals surface area (Å²) in [4.78, 5) is 82.2. The summed E-state index contributed by atoms with van der Waals surface area (Å²) in [5.74, 6) is -3.45. The van der Waals surface area contributed by atoms with Crippen molar-refractivity contribution in [1.82, 2.24) is 35.1 Å². The maximum Gasteiger partial charge on any atom is 0.408 e. The van der Waals surface area contributed by atoms with Crippen LogP contribution in [0.25, 0.3) is 11.4 Å². The first-order valence-electron chi connectivity index (χ1n) is 19.1. The average molecular weight is 796 g/mol. The van der Waals surface area contributed by atoms with E-state index in [-0.39, 0.29) is 43.6 Å². The fourth-order valence-electron chi connectivity index (χ4n) is 8.03. The van der Waals surface area contributed by atoms with Gasteiger partial charge in [-0.05, 0) is 78.4 Å². The molecular formula is C38H49N7O8S2. The van der Waals surface area contributed by atoms with Gasteiger partial charge < -0.3 is 25.2 Å². The van der Waals surface area contributed by atoms with E-state index in [1.807, 2.05) is 24.5 Å². The lowest BCUT2D eigenvalue weighted by atomic mass is 9.93. The highest BCUT2D eigenvalue weighted by atomic mass is 32.2. The Kier molecular flexibility index (Phi) is 10.6. The van der Waals surface area contributed by atoms with Crippen LogP contribution >= 0.6 is 11.3 Å². The lowest BCUT2D eigenvalue weighted by Crippen LogP contribution is -2.60. The molecule has 15 nitrogen and oxygen atoms in total. The zero-order valence-corrected chi connectivity index (χ0v) is 33.2. The van der Waals surface area contributed by atoms with Crippen LogP contribution in [-0.2, 0) is 29.1 Å². The molecule has 4 fully saturated rings. The number of aryl methyl sites for hydroxylation is 1. The molecule has 3 aliphatic heterocycles. The number of nitrogens with zero attached hydrogens (tertiary/aromatic N) is 4. The Morgan fingerprint density at radius 2 is 1.80 bits per heavy atom. The Labute approximate surface area is 325 Å². The number of ether oxygens (including phenoxy) is 1. The van der Waals surface area contributed by atoms with Crippen LogP contribution in [0.4, 0.5) is 4.79 Å². The summed E-state index contributed by atoms with van der Waals surface area (Å²) < 4.78 is 33.5. The summed E-state index contributed by atoms with van der Waals surface area (Å²) in [6.07, 6.45) is 7.37. The van der Waals surface area contributed by atoms with Gasteiger partial charge in [-0.25, -0.2) is 23.2 Å². The van der Waals surface area contributed by atoms with Crippen molar-refractivity contribution < 1.29 is 37.1 Å². The first-order chi connectivity index (χ1) is 26.0. The highest BCUT2D eigenvalue weighted by Gasteiger charge is 2.63. The standard InChI is InChI=1S/C38H49N7O8S2/c1-22-39-30(21-54-22)27-13-10-14-28(40-27)33(47)44-18-23-19-45-31(26(23)20-44)32(46)42-38(35(49)43-55(51,52)25-15-16-25)17-24(38)11-8-6-5-7-9-12-29(34(45)48)41-36(50)53-37(2,3)4/h8,10-11,13-14,21,23-26,29,31H,5-7,9,12,15-20H2,1-4H3,(H,41,50)(H,42,46)(H,43,49)/b11-8-/t23-,24+,26-,29-,31-,38+/m0/s1. The quantitative estimate of drug-likeness (QED) is 0.365. The smallest absolute Gasteiger partial charge is 0.408 e. The van der Waals surface area contributed by atoms with E-state index in [1.54, 1.807) is 43.9 Å². The summed E-state index contributed by atoms with van der Waals surface area (Å²) in [5.41, 5.74) is -0.870. The number of likely N-dealkylation sites (tertiary alicyclic amines) is 1. The molecule has 2 aromatic rings. The van der Waals surface area contributed by atoms with Crippen LogP contribution in [0.5, 0.6) is 0 Å². The molecule has 2 aromatic heterocycles. The highest BCUT2D eigenvalue weighted by molar-refractivity contribution is 7.91. The molecule has 2 saturated heterocycles. The maximum absolute atomic E-state index is 14.7. The van der Waals surface area contributed by atoms with Crippen molar-refractivity contribution in [3.8, 4) is 11.4 Å². The second-order valence-corrected chi connectivity index (χ2v) is 19.5. The van der Waals surface area contributed by atoms with Gasteiger partial charge in [-0.3, -0.25) is 23.9 Å². The van der Waals surface area contributed by atoms with Crippen molar-refractivity contribution in [3.63, 3.8) is 0 Å². The van der Waals surface area contributed by atoms with Gasteiger partial charge in [-0.1, -0.05) is 31.1 Å². The number of alkyl carbamates (subject to hydrolysis) is 1. The Morgan fingerprint density at radius 1 is 1.02 bits per heavy atom. The van der Waals surface area contributed by atoms with Crippen LogP contribution in [0, 0.1) is 24.7 Å². The van der Waals surface area contributed by atoms with Crippen LogP contribution in [0.1, 0.15) is 87.6 Å². The monoisotopic (exact) mass is 795 g/mol. The summed E-state index contributed by atoms with van der Waals surface area (Å²) in [5, 5.41) is 7.79. The zero-order valence-electron chi connectivity index (χ0n) is 31.6. The van der Waals surface area contributed by atoms with E-state index in [0.717, 1.165) is 17.8 Å². The number of hydrogen-bond acceptors (Lipinski definition) is 11. The van der Waals surface area contributed by atoms with Gasteiger partial charge in [0.2, 0.25) is 21.8 Å². The topological polar surface area (TPSA) is 197 Å². The summed E-state index contributed by atoms with van der Waals surface area (Å²) >= 11 is 1.48. The summed E-state index contributed by atoms with van der Waals surface area (Å²) in [6.45, 7) is 7.59. The van der Waals surface area contributed by atoms with Gasteiger partial charge in [0.15, 0.2) is 0 Å². The maximum atomic E-state index is 14.7. The van der Waals surface area contributed by atoms with Gasteiger partial charge in [-0.15, -0.1) is 11.3 Å². The van der Waals surface area contributed by atoms with Gasteiger partial charge in [0.25, 0.3) is 11.8 Å². The predicted octanol–water partition coefficient (Wildman–Crippen LogP) is 3.31. The Bertz CT molecular complexity index is 2010. The highest BCUT2D eigenvalue weighted by Crippen LogP contribution is 2.47. The number of sulfonamides is 1. The molecule has 0 unspecified atom stereocenters. The van der Waals surface area contributed by atoms with Crippen molar-refractivity contribution in [2.75, 3.05) is 19.6 Å². The van der Waals surface area contributed by atoms with Gasteiger partial charge >= 0.3 is 6.09 Å². The molecular weight excluding hydrogens is 747 g/mol. The molecule has 5 aliphatic rings. The largest absolute Gasteiger partial charge is 0.444 e. The minimum absolute atomic E-state index is 0.127. The molecule has 2 saturated carbocycles. The first-order valence-corrected chi connectivity index (χ1v) is 21.5. The molecule has 5 heterocycles. The normalized spacial score (nSPS) is 29.1. The second kappa shape index (κ2) is 14.9. The number of allylic oxidation sites excluding steroid dienone is 1. The average Bonchev–Trinajstić information content (AvgIpc) is 3.96. The molecule has 2 aliphatic carbocycles. The molecule has 0 aromatic carbocycles. The SMILES string of the molecule is Cc1nc(-c2cccc(C(=O)N3C[C@H]4CN5C(=O)[C@@H](NC(=O)OC(C)(C)C)CCCCC/C=C\[C@@H]6C[C@@]6(C(=O)NS(=O)(=O)C6CC6)NC(=O)[C@@H]5[C@H]4C3)n2)cs1. The molecule has 5 amide bonds. The number of aromatic nitrogens is 2. The fourth-order valence-corrected chi connectivity index (χ4v) is 10.00. The number of fused-ring (bicyclic) bond motifs is 4. The Hall–Kier alpha value is -4.38. The van der Waals surface area contributed by atoms with Crippen molar-refractivity contribution >= 4 is 51.1 Å². The number of nitrogens with one attached hydrogen (secondary N) is 3. The van der Waals surface area contributed by atoms with E-state index in [4.69, 9.17) is 4.74 Å². The van der Waals surface area contributed by atoms with Gasteiger partial charge in [0.1, 0.15) is 28.9 Å². The van der Waals surface area contributed by atoms with E-state index >= 15 is 0 Å². The van der Waals surface area contributed by atoms with Crippen LogP contribution in [-0.4, -0.2) is 106 Å². The molecule has 55 heavy (non-hydrogen) atoms. The fraction of sp³-hybridized carbons (Fsp3) is 0.605. The van der Waals surface area contributed by atoms with Crippen molar-refractivity contribution in [3.05, 3.63) is 46.4 Å². The minimum atomic E-state index is -3.91. The number of pyridine rings is 1. The third-order valence-electron chi connectivity index (χ3n) is 11.0. The summed E-state index contributed by atoms with van der Waals surface area (Å²) in [7, 11) is -3.91.